The van der Waals surface area contributed by atoms with Crippen molar-refractivity contribution in [3.8, 4) is 0 Å². The minimum Gasteiger partial charge on any atom is -0.465 e. The van der Waals surface area contributed by atoms with Crippen LogP contribution in [0.1, 0.15) is 73.1 Å². The van der Waals surface area contributed by atoms with Gasteiger partial charge in [0, 0.05) is 0 Å². The van der Waals surface area contributed by atoms with E-state index in [0.717, 1.165) is 19.3 Å². The van der Waals surface area contributed by atoms with Crippen molar-refractivity contribution in [1.82, 2.24) is 0 Å². The van der Waals surface area contributed by atoms with Gasteiger partial charge in [-0.2, -0.15) is 0 Å². The summed E-state index contributed by atoms with van der Waals surface area (Å²) in [6, 6.07) is 0. The van der Waals surface area contributed by atoms with Gasteiger partial charge in [-0.05, 0) is 32.6 Å². The Morgan fingerprint density at radius 1 is 0.905 bits per heavy atom. The molecule has 0 fully saturated rings. The summed E-state index contributed by atoms with van der Waals surface area (Å²) in [6.07, 6.45) is 5.76. The molecule has 0 saturated carbocycles. The van der Waals surface area contributed by atoms with Crippen LogP contribution in [0.4, 0.5) is 0 Å². The summed E-state index contributed by atoms with van der Waals surface area (Å²) < 4.78 is 10.3. The molecule has 1 atom stereocenters. The largest absolute Gasteiger partial charge is 0.465 e. The van der Waals surface area contributed by atoms with Gasteiger partial charge in [-0.15, -0.1) is 0 Å². The molecule has 1 unspecified atom stereocenters. The van der Waals surface area contributed by atoms with Crippen LogP contribution in [0.5, 0.6) is 0 Å². The van der Waals surface area contributed by atoms with Crippen LogP contribution in [0.15, 0.2) is 0 Å². The van der Waals surface area contributed by atoms with Crippen LogP contribution in [0.2, 0.25) is 0 Å². The lowest BCUT2D eigenvalue weighted by Gasteiger charge is -2.33. The van der Waals surface area contributed by atoms with Crippen molar-refractivity contribution >= 4 is 11.9 Å². The van der Waals surface area contributed by atoms with Crippen molar-refractivity contribution in [3.05, 3.63) is 0 Å². The van der Waals surface area contributed by atoms with E-state index in [-0.39, 0.29) is 19.1 Å². The fourth-order valence-electron chi connectivity index (χ4n) is 2.77. The average Bonchev–Trinajstić information content (AvgIpc) is 2.45. The van der Waals surface area contributed by atoms with Crippen molar-refractivity contribution in [3.63, 3.8) is 0 Å². The molecule has 0 aromatic carbocycles. The van der Waals surface area contributed by atoms with Gasteiger partial charge in [0.1, 0.15) is 0 Å². The van der Waals surface area contributed by atoms with E-state index >= 15 is 0 Å². The van der Waals surface area contributed by atoms with E-state index in [1.807, 2.05) is 13.8 Å². The molecule has 0 bridgehead atoms. The van der Waals surface area contributed by atoms with E-state index < -0.39 is 17.4 Å². The molecule has 0 aliphatic heterocycles. The molecule has 4 nitrogen and oxygen atoms in total. The van der Waals surface area contributed by atoms with Crippen LogP contribution in [0, 0.1) is 11.3 Å². The predicted octanol–water partition coefficient (Wildman–Crippen LogP) is 4.12. The highest BCUT2D eigenvalue weighted by atomic mass is 16.6. The Morgan fingerprint density at radius 3 is 1.81 bits per heavy atom. The second-order valence-corrected chi connectivity index (χ2v) is 5.52. The number of unbranched alkanes of at least 4 members (excludes halogenated alkanes) is 3. The number of rotatable bonds is 11. The lowest BCUT2D eigenvalue weighted by atomic mass is 9.72. The molecule has 0 radical (unpaired) electrons. The number of hydrogen-bond donors (Lipinski definition) is 0. The van der Waals surface area contributed by atoms with Gasteiger partial charge in [0.15, 0.2) is 5.41 Å². The van der Waals surface area contributed by atoms with Crippen molar-refractivity contribution in [2.45, 2.75) is 73.1 Å². The minimum absolute atomic E-state index is 0.0718. The fraction of sp³-hybridized carbons (Fsp3) is 0.882. The Balaban J connectivity index is 5.07. The molecule has 0 aliphatic carbocycles. The summed E-state index contributed by atoms with van der Waals surface area (Å²) in [5, 5.41) is 0. The minimum atomic E-state index is -1.15. The van der Waals surface area contributed by atoms with Gasteiger partial charge in [-0.25, -0.2) is 0 Å². The molecule has 0 heterocycles. The summed E-state index contributed by atoms with van der Waals surface area (Å²) in [5.41, 5.74) is -1.15. The van der Waals surface area contributed by atoms with Crippen LogP contribution >= 0.6 is 0 Å². The molecule has 4 heteroatoms. The lowest BCUT2D eigenvalue weighted by molar-refractivity contribution is -0.177. The molecule has 0 spiro atoms. The lowest BCUT2D eigenvalue weighted by Crippen LogP contribution is -2.46. The second kappa shape index (κ2) is 10.6. The van der Waals surface area contributed by atoms with Crippen LogP contribution in [-0.2, 0) is 19.1 Å². The maximum atomic E-state index is 12.4. The molecule has 0 aliphatic rings. The van der Waals surface area contributed by atoms with Gasteiger partial charge in [0.25, 0.3) is 0 Å². The number of carbonyl (C=O) groups is 2. The summed E-state index contributed by atoms with van der Waals surface area (Å²) in [5.74, 6) is -0.944. The van der Waals surface area contributed by atoms with Gasteiger partial charge in [0.05, 0.1) is 13.2 Å². The molecule has 124 valence electrons. The van der Waals surface area contributed by atoms with Gasteiger partial charge in [-0.1, -0.05) is 46.5 Å². The maximum Gasteiger partial charge on any atom is 0.323 e. The molecule has 21 heavy (non-hydrogen) atoms. The number of esters is 2. The van der Waals surface area contributed by atoms with Crippen LogP contribution in [0.3, 0.4) is 0 Å². The van der Waals surface area contributed by atoms with Crippen molar-refractivity contribution in [1.29, 1.82) is 0 Å². The molecule has 0 N–H and O–H groups in total. The van der Waals surface area contributed by atoms with E-state index in [0.29, 0.717) is 6.42 Å². The highest BCUT2D eigenvalue weighted by molar-refractivity contribution is 6.00. The standard InChI is InChI=1S/C17H32O4/c1-6-10-11-12-13-14(5)17(7-2,15(18)20-8-3)16(19)21-9-4/h14H,6-13H2,1-5H3. The van der Waals surface area contributed by atoms with E-state index in [4.69, 9.17) is 9.47 Å². The Morgan fingerprint density at radius 2 is 1.43 bits per heavy atom. The summed E-state index contributed by atoms with van der Waals surface area (Å²) in [7, 11) is 0. The number of hydrogen-bond acceptors (Lipinski definition) is 4. The molecular formula is C17H32O4. The SMILES string of the molecule is CCCCCCC(C)C(CC)(C(=O)OCC)C(=O)OCC. The van der Waals surface area contributed by atoms with Gasteiger partial charge < -0.3 is 9.47 Å². The number of ether oxygens (including phenoxy) is 2. The van der Waals surface area contributed by atoms with E-state index in [9.17, 15) is 9.59 Å². The summed E-state index contributed by atoms with van der Waals surface area (Å²) >= 11 is 0. The first-order valence-electron chi connectivity index (χ1n) is 8.35. The highest BCUT2D eigenvalue weighted by Crippen LogP contribution is 2.38. The normalized spacial score (nSPS) is 12.8. The molecule has 0 aromatic rings. The Labute approximate surface area is 129 Å². The Hall–Kier alpha value is -1.06. The molecule has 0 saturated heterocycles. The summed E-state index contributed by atoms with van der Waals surface area (Å²) in [6.45, 7) is 10.1. The average molecular weight is 300 g/mol. The molecule has 0 aromatic heterocycles. The highest BCUT2D eigenvalue weighted by Gasteiger charge is 2.51. The first-order chi connectivity index (χ1) is 10.0. The van der Waals surface area contributed by atoms with Gasteiger partial charge in [0.2, 0.25) is 0 Å². The van der Waals surface area contributed by atoms with Gasteiger partial charge in [-0.3, -0.25) is 9.59 Å². The second-order valence-electron chi connectivity index (χ2n) is 5.52. The zero-order chi connectivity index (χ0) is 16.3. The number of carbonyl (C=O) groups excluding carboxylic acids is 2. The van der Waals surface area contributed by atoms with E-state index in [1.54, 1.807) is 13.8 Å². The predicted molar refractivity (Wildman–Crippen MR) is 83.9 cm³/mol. The Kier molecular flexibility index (Phi) is 10.1. The first-order valence-corrected chi connectivity index (χ1v) is 8.35. The van der Waals surface area contributed by atoms with Crippen LogP contribution in [0.25, 0.3) is 0 Å². The zero-order valence-corrected chi connectivity index (χ0v) is 14.4. The van der Waals surface area contributed by atoms with Crippen LogP contribution in [-0.4, -0.2) is 25.2 Å². The van der Waals surface area contributed by atoms with Crippen LogP contribution < -0.4 is 0 Å². The zero-order valence-electron chi connectivity index (χ0n) is 14.4. The van der Waals surface area contributed by atoms with Crippen molar-refractivity contribution < 1.29 is 19.1 Å². The maximum absolute atomic E-state index is 12.4. The van der Waals surface area contributed by atoms with Gasteiger partial charge >= 0.3 is 11.9 Å². The molecular weight excluding hydrogens is 268 g/mol. The monoisotopic (exact) mass is 300 g/mol. The fourth-order valence-corrected chi connectivity index (χ4v) is 2.77. The van der Waals surface area contributed by atoms with E-state index in [2.05, 4.69) is 6.92 Å². The molecule has 0 amide bonds. The quantitative estimate of drug-likeness (QED) is 0.327. The van der Waals surface area contributed by atoms with E-state index in [1.165, 1.54) is 12.8 Å². The van der Waals surface area contributed by atoms with Crippen molar-refractivity contribution in [2.24, 2.45) is 11.3 Å². The molecule has 0 rings (SSSR count). The third kappa shape index (κ3) is 5.33. The first kappa shape index (κ1) is 19.9. The summed E-state index contributed by atoms with van der Waals surface area (Å²) in [4.78, 5) is 24.8. The topological polar surface area (TPSA) is 52.6 Å². The third-order valence-corrected chi connectivity index (χ3v) is 4.17. The van der Waals surface area contributed by atoms with Crippen molar-refractivity contribution in [2.75, 3.05) is 13.2 Å². The smallest absolute Gasteiger partial charge is 0.323 e. The third-order valence-electron chi connectivity index (χ3n) is 4.17. The Bertz CT molecular complexity index is 294.